The maximum Gasteiger partial charge on any atom is 0.407 e. The molecule has 1 aromatic rings. The third kappa shape index (κ3) is 3.88. The van der Waals surface area contributed by atoms with E-state index < -0.39 is 6.09 Å². The number of carbonyl (C=O) groups is 2. The molecule has 6 nitrogen and oxygen atoms in total. The molecule has 20 heavy (non-hydrogen) atoms. The molecule has 0 aliphatic carbocycles. The van der Waals surface area contributed by atoms with Gasteiger partial charge in [0.15, 0.2) is 0 Å². The number of nitrogens with zero attached hydrogens (tertiary/aromatic N) is 1. The highest BCUT2D eigenvalue weighted by atomic mass is 16.5. The van der Waals surface area contributed by atoms with Gasteiger partial charge in [-0.2, -0.15) is 0 Å². The standard InChI is InChI=1S/C14H19N3O3/c1-20-14(19)16-12-7-8-17(10-12)13(18)15-9-11-5-3-2-4-6-11/h2-6,12H,7-10H2,1H3,(H,15,18)(H,16,19). The topological polar surface area (TPSA) is 70.7 Å². The molecule has 1 aliphatic rings. The van der Waals surface area contributed by atoms with Gasteiger partial charge in [0.2, 0.25) is 0 Å². The van der Waals surface area contributed by atoms with Gasteiger partial charge in [-0.05, 0) is 12.0 Å². The monoisotopic (exact) mass is 277 g/mol. The Morgan fingerprint density at radius 2 is 2.10 bits per heavy atom. The lowest BCUT2D eigenvalue weighted by Gasteiger charge is -2.17. The summed E-state index contributed by atoms with van der Waals surface area (Å²) in [5.74, 6) is 0. The smallest absolute Gasteiger partial charge is 0.407 e. The summed E-state index contributed by atoms with van der Waals surface area (Å²) in [7, 11) is 1.33. The van der Waals surface area contributed by atoms with Crippen LogP contribution >= 0.6 is 0 Å². The van der Waals surface area contributed by atoms with Crippen LogP contribution in [0.25, 0.3) is 0 Å². The van der Waals surface area contributed by atoms with E-state index in [2.05, 4.69) is 15.4 Å². The lowest BCUT2D eigenvalue weighted by atomic mass is 10.2. The first kappa shape index (κ1) is 14.2. The van der Waals surface area contributed by atoms with E-state index in [0.717, 1.165) is 12.0 Å². The van der Waals surface area contributed by atoms with E-state index in [1.807, 2.05) is 30.3 Å². The van der Waals surface area contributed by atoms with E-state index in [1.165, 1.54) is 7.11 Å². The summed E-state index contributed by atoms with van der Waals surface area (Å²) in [6.07, 6.45) is 0.287. The molecular weight excluding hydrogens is 258 g/mol. The molecule has 0 saturated carbocycles. The van der Waals surface area contributed by atoms with Crippen LogP contribution in [0.15, 0.2) is 30.3 Å². The van der Waals surface area contributed by atoms with Gasteiger partial charge < -0.3 is 20.3 Å². The molecule has 1 aliphatic heterocycles. The van der Waals surface area contributed by atoms with Crippen molar-refractivity contribution in [2.75, 3.05) is 20.2 Å². The molecule has 1 atom stereocenters. The molecule has 0 bridgehead atoms. The molecule has 2 N–H and O–H groups in total. The first-order valence-corrected chi connectivity index (χ1v) is 6.60. The van der Waals surface area contributed by atoms with Crippen LogP contribution in [0.4, 0.5) is 9.59 Å². The van der Waals surface area contributed by atoms with Crippen molar-refractivity contribution in [3.63, 3.8) is 0 Å². The van der Waals surface area contributed by atoms with Crippen LogP contribution in [-0.2, 0) is 11.3 Å². The SMILES string of the molecule is COC(=O)NC1CCN(C(=O)NCc2ccccc2)C1. The first-order chi connectivity index (χ1) is 9.69. The number of benzene rings is 1. The van der Waals surface area contributed by atoms with E-state index in [4.69, 9.17) is 0 Å². The van der Waals surface area contributed by atoms with Crippen LogP contribution in [0.2, 0.25) is 0 Å². The van der Waals surface area contributed by atoms with E-state index in [9.17, 15) is 9.59 Å². The van der Waals surface area contributed by atoms with Crippen LogP contribution in [0, 0.1) is 0 Å². The van der Waals surface area contributed by atoms with Gasteiger partial charge >= 0.3 is 12.1 Å². The number of rotatable bonds is 3. The number of methoxy groups -OCH3 is 1. The minimum atomic E-state index is -0.457. The average molecular weight is 277 g/mol. The summed E-state index contributed by atoms with van der Waals surface area (Å²) in [5.41, 5.74) is 1.06. The van der Waals surface area contributed by atoms with Gasteiger partial charge in [-0.25, -0.2) is 9.59 Å². The van der Waals surface area contributed by atoms with Crippen molar-refractivity contribution < 1.29 is 14.3 Å². The van der Waals surface area contributed by atoms with Gasteiger partial charge in [0, 0.05) is 19.6 Å². The minimum absolute atomic E-state index is 0.0371. The number of hydrogen-bond donors (Lipinski definition) is 2. The quantitative estimate of drug-likeness (QED) is 0.875. The average Bonchev–Trinajstić information content (AvgIpc) is 2.94. The van der Waals surface area contributed by atoms with Crippen LogP contribution in [-0.4, -0.2) is 43.3 Å². The summed E-state index contributed by atoms with van der Waals surface area (Å²) >= 11 is 0. The van der Waals surface area contributed by atoms with Crippen LogP contribution in [0.5, 0.6) is 0 Å². The Balaban J connectivity index is 1.75. The molecule has 1 saturated heterocycles. The molecule has 108 valence electrons. The molecular formula is C14H19N3O3. The van der Waals surface area contributed by atoms with Crippen molar-refractivity contribution in [1.82, 2.24) is 15.5 Å². The van der Waals surface area contributed by atoms with Crippen molar-refractivity contribution in [1.29, 1.82) is 0 Å². The molecule has 1 unspecified atom stereocenters. The number of amides is 3. The maximum atomic E-state index is 12.0. The van der Waals surface area contributed by atoms with E-state index in [0.29, 0.717) is 19.6 Å². The zero-order valence-corrected chi connectivity index (χ0v) is 11.5. The first-order valence-electron chi connectivity index (χ1n) is 6.60. The Labute approximate surface area is 118 Å². The van der Waals surface area contributed by atoms with Gasteiger partial charge in [-0.15, -0.1) is 0 Å². The Bertz CT molecular complexity index is 464. The highest BCUT2D eigenvalue weighted by Crippen LogP contribution is 2.09. The summed E-state index contributed by atoms with van der Waals surface area (Å²) in [4.78, 5) is 24.8. The number of ether oxygens (including phenoxy) is 1. The predicted molar refractivity (Wildman–Crippen MR) is 74.2 cm³/mol. The molecule has 0 spiro atoms. The highest BCUT2D eigenvalue weighted by molar-refractivity contribution is 5.75. The highest BCUT2D eigenvalue weighted by Gasteiger charge is 2.27. The Morgan fingerprint density at radius 1 is 1.35 bits per heavy atom. The number of hydrogen-bond acceptors (Lipinski definition) is 3. The number of carbonyl (C=O) groups excluding carboxylic acids is 2. The maximum absolute atomic E-state index is 12.0. The molecule has 1 heterocycles. The van der Waals surface area contributed by atoms with E-state index >= 15 is 0 Å². The van der Waals surface area contributed by atoms with Crippen molar-refractivity contribution in [2.45, 2.75) is 19.0 Å². The lowest BCUT2D eigenvalue weighted by Crippen LogP contribution is -2.41. The zero-order valence-electron chi connectivity index (χ0n) is 11.5. The number of likely N-dealkylation sites (tertiary alicyclic amines) is 1. The number of urea groups is 1. The van der Waals surface area contributed by atoms with Crippen LogP contribution in [0.1, 0.15) is 12.0 Å². The molecule has 1 aromatic carbocycles. The predicted octanol–water partition coefficient (Wildman–Crippen LogP) is 1.33. The lowest BCUT2D eigenvalue weighted by molar-refractivity contribution is 0.166. The van der Waals surface area contributed by atoms with Crippen molar-refractivity contribution in [2.24, 2.45) is 0 Å². The second-order valence-electron chi connectivity index (χ2n) is 4.71. The summed E-state index contributed by atoms with van der Waals surface area (Å²) in [5, 5.41) is 5.58. The van der Waals surface area contributed by atoms with Gasteiger partial charge in [0.25, 0.3) is 0 Å². The fourth-order valence-electron chi connectivity index (χ4n) is 2.17. The van der Waals surface area contributed by atoms with Gasteiger partial charge in [-0.3, -0.25) is 0 Å². The molecule has 3 amide bonds. The Morgan fingerprint density at radius 3 is 2.80 bits per heavy atom. The summed E-state index contributed by atoms with van der Waals surface area (Å²) in [6, 6.07) is 9.60. The Kier molecular flexibility index (Phi) is 4.81. The molecule has 6 heteroatoms. The van der Waals surface area contributed by atoms with Crippen LogP contribution in [0.3, 0.4) is 0 Å². The molecule has 0 aromatic heterocycles. The van der Waals surface area contributed by atoms with Crippen molar-refractivity contribution in [3.8, 4) is 0 Å². The zero-order chi connectivity index (χ0) is 14.4. The second kappa shape index (κ2) is 6.79. The summed E-state index contributed by atoms with van der Waals surface area (Å²) in [6.45, 7) is 1.65. The largest absolute Gasteiger partial charge is 0.453 e. The van der Waals surface area contributed by atoms with Crippen LogP contribution < -0.4 is 10.6 Å². The van der Waals surface area contributed by atoms with Crippen molar-refractivity contribution >= 4 is 12.1 Å². The molecule has 2 rings (SSSR count). The van der Waals surface area contributed by atoms with Crippen molar-refractivity contribution in [3.05, 3.63) is 35.9 Å². The fourth-order valence-corrected chi connectivity index (χ4v) is 2.17. The summed E-state index contributed by atoms with van der Waals surface area (Å²) < 4.78 is 4.54. The fraction of sp³-hybridized carbons (Fsp3) is 0.429. The number of nitrogens with one attached hydrogen (secondary N) is 2. The van der Waals surface area contributed by atoms with Gasteiger partial charge in [0.05, 0.1) is 13.2 Å². The van der Waals surface area contributed by atoms with E-state index in [1.54, 1.807) is 4.90 Å². The van der Waals surface area contributed by atoms with Gasteiger partial charge in [-0.1, -0.05) is 30.3 Å². The third-order valence-corrected chi connectivity index (χ3v) is 3.27. The molecule has 0 radical (unpaired) electrons. The second-order valence-corrected chi connectivity index (χ2v) is 4.71. The van der Waals surface area contributed by atoms with Gasteiger partial charge in [0.1, 0.15) is 0 Å². The third-order valence-electron chi connectivity index (χ3n) is 3.27. The number of alkyl carbamates (subject to hydrolysis) is 1. The normalized spacial score (nSPS) is 17.6. The minimum Gasteiger partial charge on any atom is -0.453 e. The molecule has 1 fully saturated rings. The Hall–Kier alpha value is -2.24. The van der Waals surface area contributed by atoms with E-state index in [-0.39, 0.29) is 12.1 Å².